The predicted octanol–water partition coefficient (Wildman–Crippen LogP) is 5.37. The number of rotatable bonds is 4. The number of aromatic hydroxyl groups is 1. The van der Waals surface area contributed by atoms with Gasteiger partial charge in [-0.3, -0.25) is 20.2 Å². The van der Waals surface area contributed by atoms with Crippen LogP contribution in [0.1, 0.15) is 16.7 Å². The molecule has 0 saturated heterocycles. The minimum Gasteiger partial charge on any atom is -0.502 e. The van der Waals surface area contributed by atoms with Gasteiger partial charge in [-0.2, -0.15) is 0 Å². The van der Waals surface area contributed by atoms with Crippen LogP contribution in [0.15, 0.2) is 72.8 Å². The zero-order chi connectivity index (χ0) is 20.5. The number of hydrogen-bond acceptors (Lipinski definition) is 5. The predicted molar refractivity (Wildman–Crippen MR) is 108 cm³/mol. The van der Waals surface area contributed by atoms with Gasteiger partial charge in [0.15, 0.2) is 5.75 Å². The Hall–Kier alpha value is -4.00. The molecular weight excluding hydrogens is 360 g/mol. The molecule has 0 bridgehead atoms. The van der Waals surface area contributed by atoms with Gasteiger partial charge in [-0.1, -0.05) is 72.8 Å². The zero-order valence-electron chi connectivity index (χ0n) is 15.1. The number of nitrogens with zero attached hydrogens (tertiary/aromatic N) is 2. The standard InChI is InChI=1S/C14H12.C7H6N2O5/c1-3-7-13(8-4-1)11-12-14-9-5-2-6-10-14;1-4-2-5(8(11)12)3-6(7(4)10)9(13)14/h1-12H;2-3,10H,1H3. The maximum Gasteiger partial charge on any atom is 0.317 e. The molecule has 28 heavy (non-hydrogen) atoms. The van der Waals surface area contributed by atoms with Crippen LogP contribution < -0.4 is 0 Å². The van der Waals surface area contributed by atoms with E-state index >= 15 is 0 Å². The summed E-state index contributed by atoms with van der Waals surface area (Å²) in [6, 6.07) is 22.4. The maximum absolute atomic E-state index is 10.4. The van der Waals surface area contributed by atoms with Gasteiger partial charge in [0.1, 0.15) is 0 Å². The third-order valence-corrected chi connectivity index (χ3v) is 3.74. The number of benzene rings is 3. The maximum atomic E-state index is 10.4. The molecular formula is C21H18N2O5. The second-order valence-electron chi connectivity index (χ2n) is 5.80. The average molecular weight is 378 g/mol. The van der Waals surface area contributed by atoms with E-state index in [9.17, 15) is 25.3 Å². The van der Waals surface area contributed by atoms with Crippen molar-refractivity contribution in [2.24, 2.45) is 0 Å². The molecule has 0 atom stereocenters. The van der Waals surface area contributed by atoms with E-state index in [1.165, 1.54) is 18.1 Å². The van der Waals surface area contributed by atoms with Crippen molar-refractivity contribution < 1.29 is 15.0 Å². The third kappa shape index (κ3) is 5.77. The first-order valence-corrected chi connectivity index (χ1v) is 8.29. The van der Waals surface area contributed by atoms with E-state index in [0.717, 1.165) is 12.1 Å². The third-order valence-electron chi connectivity index (χ3n) is 3.74. The van der Waals surface area contributed by atoms with Gasteiger partial charge < -0.3 is 5.11 Å². The molecule has 7 heteroatoms. The van der Waals surface area contributed by atoms with Crippen LogP contribution >= 0.6 is 0 Å². The molecule has 0 aliphatic rings. The molecule has 3 aromatic carbocycles. The second kappa shape index (κ2) is 9.63. The molecule has 0 saturated carbocycles. The van der Waals surface area contributed by atoms with Gasteiger partial charge in [0.2, 0.25) is 0 Å². The lowest BCUT2D eigenvalue weighted by molar-refractivity contribution is -0.394. The fourth-order valence-electron chi connectivity index (χ4n) is 2.31. The average Bonchev–Trinajstić information content (AvgIpc) is 2.70. The summed E-state index contributed by atoms with van der Waals surface area (Å²) in [5.41, 5.74) is 1.50. The first-order valence-electron chi connectivity index (χ1n) is 8.29. The van der Waals surface area contributed by atoms with E-state index in [1.807, 2.05) is 36.4 Å². The Labute approximate surface area is 161 Å². The summed E-state index contributed by atoms with van der Waals surface area (Å²) in [6.45, 7) is 1.36. The number of hydrogen-bond donors (Lipinski definition) is 1. The Balaban J connectivity index is 0.000000200. The summed E-state index contributed by atoms with van der Waals surface area (Å²) >= 11 is 0. The Kier molecular flexibility index (Phi) is 6.99. The molecule has 0 radical (unpaired) electrons. The number of phenols is 1. The second-order valence-corrected chi connectivity index (χ2v) is 5.80. The van der Waals surface area contributed by atoms with Crippen molar-refractivity contribution in [2.75, 3.05) is 0 Å². The number of aryl methyl sites for hydroxylation is 1. The first-order chi connectivity index (χ1) is 13.4. The lowest BCUT2D eigenvalue weighted by Crippen LogP contribution is -1.94. The van der Waals surface area contributed by atoms with Gasteiger partial charge in [0.25, 0.3) is 5.69 Å². The fourth-order valence-corrected chi connectivity index (χ4v) is 2.31. The monoisotopic (exact) mass is 378 g/mol. The molecule has 7 nitrogen and oxygen atoms in total. The van der Waals surface area contributed by atoms with E-state index in [1.54, 1.807) is 0 Å². The van der Waals surface area contributed by atoms with Crippen molar-refractivity contribution in [2.45, 2.75) is 6.92 Å². The Morgan fingerprint density at radius 2 is 1.25 bits per heavy atom. The molecule has 0 amide bonds. The van der Waals surface area contributed by atoms with Crippen LogP contribution in [0.25, 0.3) is 12.2 Å². The van der Waals surface area contributed by atoms with Crippen LogP contribution in [0, 0.1) is 27.2 Å². The van der Waals surface area contributed by atoms with E-state index in [2.05, 4.69) is 36.4 Å². The van der Waals surface area contributed by atoms with Crippen molar-refractivity contribution in [3.63, 3.8) is 0 Å². The Morgan fingerprint density at radius 3 is 1.64 bits per heavy atom. The van der Waals surface area contributed by atoms with E-state index in [-0.39, 0.29) is 5.56 Å². The fraction of sp³-hybridized carbons (Fsp3) is 0.0476. The molecule has 0 aliphatic heterocycles. The first kappa shape index (κ1) is 20.3. The van der Waals surface area contributed by atoms with E-state index in [0.29, 0.717) is 0 Å². The Morgan fingerprint density at radius 1 is 0.786 bits per heavy atom. The van der Waals surface area contributed by atoms with Crippen LogP contribution in [0.5, 0.6) is 5.75 Å². The minimum absolute atomic E-state index is 0.103. The van der Waals surface area contributed by atoms with Crippen molar-refractivity contribution in [3.05, 3.63) is 110 Å². The van der Waals surface area contributed by atoms with Gasteiger partial charge in [0.05, 0.1) is 15.9 Å². The molecule has 0 unspecified atom stereocenters. The lowest BCUT2D eigenvalue weighted by Gasteiger charge is -1.99. The van der Waals surface area contributed by atoms with Crippen LogP contribution in [-0.4, -0.2) is 15.0 Å². The highest BCUT2D eigenvalue weighted by atomic mass is 16.6. The normalized spacial score (nSPS) is 10.2. The van der Waals surface area contributed by atoms with Crippen molar-refractivity contribution in [1.29, 1.82) is 0 Å². The van der Waals surface area contributed by atoms with Gasteiger partial charge in [0, 0.05) is 11.6 Å². The van der Waals surface area contributed by atoms with Crippen LogP contribution in [0.3, 0.4) is 0 Å². The highest BCUT2D eigenvalue weighted by Crippen LogP contribution is 2.33. The number of phenolic OH excluding ortho intramolecular Hbond substituents is 1. The highest BCUT2D eigenvalue weighted by Gasteiger charge is 2.21. The highest BCUT2D eigenvalue weighted by molar-refractivity contribution is 5.69. The molecule has 0 spiro atoms. The summed E-state index contributed by atoms with van der Waals surface area (Å²) in [7, 11) is 0. The van der Waals surface area contributed by atoms with E-state index < -0.39 is 27.0 Å². The number of nitro groups is 2. The van der Waals surface area contributed by atoms with Gasteiger partial charge in [-0.25, -0.2) is 0 Å². The number of non-ortho nitro benzene ring substituents is 1. The molecule has 3 aromatic rings. The summed E-state index contributed by atoms with van der Waals surface area (Å²) in [6.07, 6.45) is 4.24. The summed E-state index contributed by atoms with van der Waals surface area (Å²) < 4.78 is 0. The van der Waals surface area contributed by atoms with Gasteiger partial charge in [-0.15, -0.1) is 0 Å². The Bertz CT molecular complexity index is 945. The molecule has 0 fully saturated rings. The molecule has 0 aliphatic carbocycles. The van der Waals surface area contributed by atoms with Crippen molar-refractivity contribution in [3.8, 4) is 5.75 Å². The van der Waals surface area contributed by atoms with Crippen molar-refractivity contribution >= 4 is 23.5 Å². The van der Waals surface area contributed by atoms with E-state index in [4.69, 9.17) is 0 Å². The molecule has 142 valence electrons. The quantitative estimate of drug-likeness (QED) is 0.373. The van der Waals surface area contributed by atoms with Crippen LogP contribution in [-0.2, 0) is 0 Å². The molecule has 3 rings (SSSR count). The topological polar surface area (TPSA) is 107 Å². The summed E-state index contributed by atoms with van der Waals surface area (Å²) in [5, 5.41) is 29.9. The zero-order valence-corrected chi connectivity index (χ0v) is 15.1. The SMILES string of the molecule is C(=Cc1ccccc1)c1ccccc1.Cc1cc([N+](=O)[O-])cc([N+](=O)[O-])c1O. The molecule has 0 aromatic heterocycles. The number of nitro benzene ring substituents is 2. The lowest BCUT2D eigenvalue weighted by atomic mass is 10.1. The van der Waals surface area contributed by atoms with Crippen molar-refractivity contribution in [1.82, 2.24) is 0 Å². The molecule has 1 N–H and O–H groups in total. The summed E-state index contributed by atoms with van der Waals surface area (Å²) in [4.78, 5) is 19.1. The largest absolute Gasteiger partial charge is 0.502 e. The van der Waals surface area contributed by atoms with Gasteiger partial charge in [-0.05, 0) is 18.1 Å². The van der Waals surface area contributed by atoms with Gasteiger partial charge >= 0.3 is 5.69 Å². The summed E-state index contributed by atoms with van der Waals surface area (Å²) in [5.74, 6) is -0.541. The smallest absolute Gasteiger partial charge is 0.317 e. The molecule has 0 heterocycles. The minimum atomic E-state index is -0.866. The van der Waals surface area contributed by atoms with Crippen LogP contribution in [0.2, 0.25) is 0 Å². The van der Waals surface area contributed by atoms with Crippen LogP contribution in [0.4, 0.5) is 11.4 Å².